The lowest BCUT2D eigenvalue weighted by Gasteiger charge is -2.05. The first-order valence-electron chi connectivity index (χ1n) is 6.08. The zero-order valence-electron chi connectivity index (χ0n) is 10.3. The molecule has 0 aliphatic heterocycles. The van der Waals surface area contributed by atoms with E-state index in [2.05, 4.69) is 25.5 Å². The second-order valence-electron chi connectivity index (χ2n) is 3.81. The number of rotatable bonds is 7. The molecule has 1 nitrogen and oxygen atoms in total. The number of para-hydroxylation sites is 1. The minimum absolute atomic E-state index is 0.928. The van der Waals surface area contributed by atoms with Crippen LogP contribution in [0, 0.1) is 6.42 Å². The van der Waals surface area contributed by atoms with Gasteiger partial charge in [0.25, 0.3) is 0 Å². The summed E-state index contributed by atoms with van der Waals surface area (Å²) in [5, 5.41) is 0. The summed E-state index contributed by atoms with van der Waals surface area (Å²) in [5.74, 6) is 0.928. The van der Waals surface area contributed by atoms with Gasteiger partial charge in [0.15, 0.2) is 0 Å². The largest absolute Gasteiger partial charge is 0.465 e. The van der Waals surface area contributed by atoms with Gasteiger partial charge in [0.2, 0.25) is 0 Å². The van der Waals surface area contributed by atoms with Gasteiger partial charge in [0.05, 0.1) is 6.26 Å². The lowest BCUT2D eigenvalue weighted by molar-refractivity contribution is 0.475. The van der Waals surface area contributed by atoms with Gasteiger partial charge >= 0.3 is 0 Å². The highest BCUT2D eigenvalue weighted by molar-refractivity contribution is 5.38. The lowest BCUT2D eigenvalue weighted by atomic mass is 10.1. The van der Waals surface area contributed by atoms with Crippen LogP contribution in [-0.4, -0.2) is 0 Å². The van der Waals surface area contributed by atoms with Gasteiger partial charge in [0, 0.05) is 0 Å². The normalized spacial score (nSPS) is 10.9. The predicted molar refractivity (Wildman–Crippen MR) is 69.4 cm³/mol. The Balaban J connectivity index is 2.36. The molecule has 87 valence electrons. The summed E-state index contributed by atoms with van der Waals surface area (Å²) in [7, 11) is 0. The van der Waals surface area contributed by atoms with E-state index < -0.39 is 0 Å². The fourth-order valence-electron chi connectivity index (χ4n) is 1.53. The Morgan fingerprint density at radius 2 is 2.00 bits per heavy atom. The van der Waals surface area contributed by atoms with Crippen LogP contribution >= 0.6 is 0 Å². The highest BCUT2D eigenvalue weighted by atomic mass is 16.5. The monoisotopic (exact) mass is 217 g/mol. The molecule has 0 fully saturated rings. The molecular formula is C15H21O. The quantitative estimate of drug-likeness (QED) is 0.474. The lowest BCUT2D eigenvalue weighted by Crippen LogP contribution is -1.87. The van der Waals surface area contributed by atoms with Crippen LogP contribution in [0.25, 0.3) is 0 Å². The molecule has 0 amide bonds. The maximum absolute atomic E-state index is 5.60. The standard InChI is InChI=1S/C15H21O/c1-3-5-6-7-10-13-16-15-12-9-8-11-14(15)4-2/h4,8-13H,3,5-7H2,1-2H3/b13-10+. The molecule has 1 aromatic rings. The molecule has 0 N–H and O–H groups in total. The van der Waals surface area contributed by atoms with Crippen molar-refractivity contribution in [2.24, 2.45) is 0 Å². The van der Waals surface area contributed by atoms with Crippen LogP contribution < -0.4 is 4.74 Å². The van der Waals surface area contributed by atoms with Crippen molar-refractivity contribution >= 4 is 0 Å². The van der Waals surface area contributed by atoms with E-state index in [4.69, 9.17) is 4.74 Å². The second-order valence-corrected chi connectivity index (χ2v) is 3.81. The number of allylic oxidation sites excluding steroid dienone is 1. The molecule has 0 heterocycles. The van der Waals surface area contributed by atoms with Gasteiger partial charge in [-0.15, -0.1) is 0 Å². The topological polar surface area (TPSA) is 9.23 Å². The first kappa shape index (κ1) is 12.8. The van der Waals surface area contributed by atoms with Gasteiger partial charge in [-0.05, 0) is 37.0 Å². The average molecular weight is 217 g/mol. The minimum atomic E-state index is 0.928. The molecule has 0 aliphatic rings. The summed E-state index contributed by atoms with van der Waals surface area (Å²) in [6.07, 6.45) is 10.9. The van der Waals surface area contributed by atoms with Gasteiger partial charge in [-0.2, -0.15) is 0 Å². The summed E-state index contributed by atoms with van der Waals surface area (Å²) >= 11 is 0. The highest BCUT2D eigenvalue weighted by Gasteiger charge is 1.97. The summed E-state index contributed by atoms with van der Waals surface area (Å²) in [6.45, 7) is 4.24. The zero-order valence-corrected chi connectivity index (χ0v) is 10.3. The number of benzene rings is 1. The SMILES string of the molecule is C[CH]c1ccccc1O/C=C/CCCCC. The van der Waals surface area contributed by atoms with Gasteiger partial charge in [-0.3, -0.25) is 0 Å². The number of unbranched alkanes of at least 4 members (excludes halogenated alkanes) is 3. The van der Waals surface area contributed by atoms with E-state index in [-0.39, 0.29) is 0 Å². The summed E-state index contributed by atoms with van der Waals surface area (Å²) < 4.78 is 5.60. The Bertz CT molecular complexity index is 315. The minimum Gasteiger partial charge on any atom is -0.465 e. The van der Waals surface area contributed by atoms with Gasteiger partial charge in [-0.25, -0.2) is 0 Å². The molecule has 1 rings (SSSR count). The first-order valence-corrected chi connectivity index (χ1v) is 6.08. The molecule has 16 heavy (non-hydrogen) atoms. The smallest absolute Gasteiger partial charge is 0.129 e. The van der Waals surface area contributed by atoms with E-state index in [9.17, 15) is 0 Å². The Kier molecular flexibility index (Phi) is 6.39. The molecule has 0 unspecified atom stereocenters. The van der Waals surface area contributed by atoms with Crippen LogP contribution in [0.2, 0.25) is 0 Å². The van der Waals surface area contributed by atoms with Crippen molar-refractivity contribution in [2.75, 3.05) is 0 Å². The molecule has 1 radical (unpaired) electrons. The van der Waals surface area contributed by atoms with Crippen LogP contribution in [0.1, 0.15) is 45.1 Å². The molecule has 0 aliphatic carbocycles. The molecule has 0 saturated heterocycles. The first-order chi connectivity index (χ1) is 7.88. The van der Waals surface area contributed by atoms with Crippen LogP contribution in [0.15, 0.2) is 36.6 Å². The molecule has 1 heteroatoms. The third-order valence-corrected chi connectivity index (χ3v) is 2.50. The molecular weight excluding hydrogens is 196 g/mol. The Morgan fingerprint density at radius 1 is 1.19 bits per heavy atom. The Labute approximate surface area is 99.1 Å². The van der Waals surface area contributed by atoms with Crippen molar-refractivity contribution in [3.8, 4) is 5.75 Å². The maximum Gasteiger partial charge on any atom is 0.129 e. The van der Waals surface area contributed by atoms with Crippen molar-refractivity contribution in [2.45, 2.75) is 39.5 Å². The van der Waals surface area contributed by atoms with Crippen molar-refractivity contribution in [3.63, 3.8) is 0 Å². The van der Waals surface area contributed by atoms with E-state index in [0.29, 0.717) is 0 Å². The Hall–Kier alpha value is -1.24. The second kappa shape index (κ2) is 7.98. The predicted octanol–water partition coefficient (Wildman–Crippen LogP) is 4.73. The summed E-state index contributed by atoms with van der Waals surface area (Å²) in [4.78, 5) is 0. The van der Waals surface area contributed by atoms with Crippen LogP contribution in [-0.2, 0) is 0 Å². The van der Waals surface area contributed by atoms with E-state index in [0.717, 1.165) is 17.7 Å². The molecule has 0 bridgehead atoms. The fraction of sp³-hybridized carbons (Fsp3) is 0.400. The maximum atomic E-state index is 5.60. The van der Waals surface area contributed by atoms with Crippen molar-refractivity contribution in [1.82, 2.24) is 0 Å². The number of hydrogen-bond acceptors (Lipinski definition) is 1. The highest BCUT2D eigenvalue weighted by Crippen LogP contribution is 2.19. The zero-order chi connectivity index (χ0) is 11.6. The van der Waals surface area contributed by atoms with Crippen LogP contribution in [0.3, 0.4) is 0 Å². The number of ether oxygens (including phenoxy) is 1. The molecule has 0 aromatic heterocycles. The number of hydrogen-bond donors (Lipinski definition) is 0. The van der Waals surface area contributed by atoms with Gasteiger partial charge in [0.1, 0.15) is 5.75 Å². The fourth-order valence-corrected chi connectivity index (χ4v) is 1.53. The van der Waals surface area contributed by atoms with E-state index in [1.54, 1.807) is 6.26 Å². The van der Waals surface area contributed by atoms with Gasteiger partial charge < -0.3 is 4.74 Å². The van der Waals surface area contributed by atoms with Gasteiger partial charge in [-0.1, -0.05) is 44.9 Å². The third-order valence-electron chi connectivity index (χ3n) is 2.50. The van der Waals surface area contributed by atoms with E-state index >= 15 is 0 Å². The van der Waals surface area contributed by atoms with Crippen LogP contribution in [0.5, 0.6) is 5.75 Å². The van der Waals surface area contributed by atoms with E-state index in [1.807, 2.05) is 25.1 Å². The molecule has 1 aromatic carbocycles. The molecule has 0 atom stereocenters. The van der Waals surface area contributed by atoms with Crippen molar-refractivity contribution in [1.29, 1.82) is 0 Å². The van der Waals surface area contributed by atoms with Crippen LogP contribution in [0.4, 0.5) is 0 Å². The summed E-state index contributed by atoms with van der Waals surface area (Å²) in [5.41, 5.74) is 1.14. The van der Waals surface area contributed by atoms with E-state index in [1.165, 1.54) is 19.3 Å². The third kappa shape index (κ3) is 4.52. The Morgan fingerprint density at radius 3 is 2.75 bits per heavy atom. The summed E-state index contributed by atoms with van der Waals surface area (Å²) in [6, 6.07) is 8.06. The molecule has 0 spiro atoms. The molecule has 0 saturated carbocycles. The van der Waals surface area contributed by atoms with Crippen molar-refractivity contribution in [3.05, 3.63) is 48.6 Å². The van der Waals surface area contributed by atoms with Crippen molar-refractivity contribution < 1.29 is 4.74 Å². The average Bonchev–Trinajstić information content (AvgIpc) is 2.34.